The normalized spacial score (nSPS) is 15.5. The second-order valence-corrected chi connectivity index (χ2v) is 31.9. The standard InChI is InChI=1S/C111H70N4/c1-113-107-90(67-112)108(114(72-62-58-70(59-63-72)68-30-4-2-5-31-68)99-56-28-54-97-103(99)86-46-20-26-52-95(86)110(97)91-48-22-16-38-78(91)79-39-17-23-49-92(79)110)105-88(101-82-42-12-8-34-74(82)75-35-9-13-43-83(75)101)66-89(102-84-44-14-10-36-76(84)77-37-11-15-45-85(77)102)106(105)109(107)115(73-64-60-71(61-65-73)69-32-6-3-7-33-69)100-57-29-55-98-104(100)87-47-21-27-53-96(87)111(98)93-50-24-18-40-80(93)81-41-19-25-51-94(81)111/h2-65,88-89,101-102H,66H2. The lowest BCUT2D eigenvalue weighted by molar-refractivity contribution is 0.518. The highest BCUT2D eigenvalue weighted by molar-refractivity contribution is 6.08. The minimum atomic E-state index is -0.704. The van der Waals surface area contributed by atoms with Crippen LogP contribution in [0.25, 0.3) is 93.9 Å². The fourth-order valence-electron chi connectivity index (χ4n) is 22.8. The van der Waals surface area contributed by atoms with E-state index in [1.807, 2.05) is 0 Å². The summed E-state index contributed by atoms with van der Waals surface area (Å²) in [6.07, 6.45) is 0.669. The first-order valence-corrected chi connectivity index (χ1v) is 40.2. The first kappa shape index (κ1) is 65.1. The van der Waals surface area contributed by atoms with Gasteiger partial charge in [-0.3, -0.25) is 0 Å². The Bertz CT molecular complexity index is 6470. The molecule has 115 heavy (non-hydrogen) atoms. The second kappa shape index (κ2) is 24.9. The number of hydrogen-bond acceptors (Lipinski definition) is 3. The third-order valence-corrected chi connectivity index (χ3v) is 26.9. The Labute approximate surface area is 669 Å². The first-order chi connectivity index (χ1) is 57.1. The van der Waals surface area contributed by atoms with Gasteiger partial charge in [0.15, 0.2) is 0 Å². The highest BCUT2D eigenvalue weighted by Gasteiger charge is 2.57. The molecule has 0 radical (unpaired) electrons. The van der Waals surface area contributed by atoms with E-state index in [4.69, 9.17) is 4.85 Å². The summed E-state index contributed by atoms with van der Waals surface area (Å²) in [5.74, 6) is -1.01. The number of rotatable bonds is 10. The number of nitrogens with zero attached hydrogens (tertiary/aromatic N) is 4. The van der Waals surface area contributed by atoms with Crippen molar-refractivity contribution in [1.29, 1.82) is 5.26 Å². The molecular weight excluding hydrogens is 1390 g/mol. The maximum absolute atomic E-state index is 13.6. The maximum atomic E-state index is 13.6. The average Bonchev–Trinajstić information content (AvgIpc) is 1.52. The quantitative estimate of drug-likeness (QED) is 0.128. The summed E-state index contributed by atoms with van der Waals surface area (Å²) in [6.45, 7) is 10.6. The van der Waals surface area contributed by atoms with Crippen molar-refractivity contribution in [1.82, 2.24) is 0 Å². The second-order valence-electron chi connectivity index (χ2n) is 31.9. The molecule has 534 valence electrons. The summed E-state index contributed by atoms with van der Waals surface area (Å²) in [5.41, 5.74) is 39.8. The summed E-state index contributed by atoms with van der Waals surface area (Å²) >= 11 is 0. The Kier molecular flexibility index (Phi) is 14.1. The number of fused-ring (bicyclic) bond motifs is 27. The SMILES string of the molecule is [C-]#[N+]c1c(C#N)c(N(c2ccc(-c3ccccc3)cc2)c2cccc3c2-c2ccccc2C32c3ccccc3-c3ccccc32)c2c(c1N(c1ccc(-c3ccccc3)cc1)c1cccc3c1-c1ccccc1C31c3ccccc3-c3ccccc31)C(C1c3ccccc3-c3ccccc31)CC2C1c2ccccc2-c2ccccc21. The van der Waals surface area contributed by atoms with E-state index in [0.717, 1.165) is 89.8 Å². The zero-order chi connectivity index (χ0) is 75.8. The third-order valence-electron chi connectivity index (χ3n) is 26.9. The van der Waals surface area contributed by atoms with Crippen LogP contribution in [0.3, 0.4) is 0 Å². The van der Waals surface area contributed by atoms with Crippen LogP contribution in [0.4, 0.5) is 39.8 Å². The van der Waals surface area contributed by atoms with Crippen LogP contribution in [0.15, 0.2) is 388 Å². The lowest BCUT2D eigenvalue weighted by Gasteiger charge is -2.38. The predicted molar refractivity (Wildman–Crippen MR) is 468 cm³/mol. The largest absolute Gasteiger partial charge is 0.319 e. The Morgan fingerprint density at radius 2 is 0.557 bits per heavy atom. The topological polar surface area (TPSA) is 34.6 Å². The minimum Gasteiger partial charge on any atom is -0.319 e. The Hall–Kier alpha value is -14.7. The third kappa shape index (κ3) is 8.78. The van der Waals surface area contributed by atoms with Gasteiger partial charge in [0.25, 0.3) is 0 Å². The lowest BCUT2D eigenvalue weighted by atomic mass is 9.70. The lowest BCUT2D eigenvalue weighted by Crippen LogP contribution is -2.26. The van der Waals surface area contributed by atoms with E-state index in [1.54, 1.807) is 0 Å². The highest BCUT2D eigenvalue weighted by Crippen LogP contribution is 2.73. The molecular formula is C111H70N4. The molecule has 4 heteroatoms. The van der Waals surface area contributed by atoms with Gasteiger partial charge in [-0.25, -0.2) is 4.85 Å². The first-order valence-electron chi connectivity index (χ1n) is 40.2. The van der Waals surface area contributed by atoms with E-state index in [1.165, 1.54) is 111 Å². The molecule has 4 nitrogen and oxygen atoms in total. The fourth-order valence-corrected chi connectivity index (χ4v) is 22.8. The van der Waals surface area contributed by atoms with Gasteiger partial charge in [0.05, 0.1) is 51.8 Å². The molecule has 2 atom stereocenters. The number of anilines is 6. The molecule has 17 aromatic carbocycles. The highest BCUT2D eigenvalue weighted by atomic mass is 15.2. The molecule has 0 heterocycles. The molecule has 0 fully saturated rings. The molecule has 0 bridgehead atoms. The molecule has 7 aliphatic carbocycles. The maximum Gasteiger partial charge on any atom is 0.230 e. The van der Waals surface area contributed by atoms with E-state index in [9.17, 15) is 11.8 Å². The minimum absolute atomic E-state index is 0.200. The van der Waals surface area contributed by atoms with E-state index >= 15 is 0 Å². The van der Waals surface area contributed by atoms with Crippen molar-refractivity contribution in [3.63, 3.8) is 0 Å². The van der Waals surface area contributed by atoms with Crippen LogP contribution in [0, 0.1) is 17.9 Å². The number of hydrogen-bond donors (Lipinski definition) is 0. The average molecular weight is 1460 g/mol. The van der Waals surface area contributed by atoms with Gasteiger partial charge in [-0.1, -0.05) is 352 Å². The molecule has 0 saturated heterocycles. The van der Waals surface area contributed by atoms with E-state index in [2.05, 4.69) is 404 Å². The molecule has 0 amide bonds. The molecule has 17 aromatic rings. The van der Waals surface area contributed by atoms with Gasteiger partial charge in [0.2, 0.25) is 5.69 Å². The van der Waals surface area contributed by atoms with Crippen molar-refractivity contribution in [3.8, 4) is 95.1 Å². The molecule has 2 spiro atoms. The molecule has 0 aromatic heterocycles. The van der Waals surface area contributed by atoms with Crippen molar-refractivity contribution in [3.05, 3.63) is 483 Å². The van der Waals surface area contributed by atoms with Crippen molar-refractivity contribution in [2.24, 2.45) is 0 Å². The van der Waals surface area contributed by atoms with Crippen LogP contribution in [0.5, 0.6) is 0 Å². The van der Waals surface area contributed by atoms with Crippen LogP contribution < -0.4 is 9.80 Å². The van der Waals surface area contributed by atoms with E-state index in [0.29, 0.717) is 17.7 Å². The molecule has 7 aliphatic rings. The van der Waals surface area contributed by atoms with Crippen LogP contribution >= 0.6 is 0 Å². The van der Waals surface area contributed by atoms with Crippen molar-refractivity contribution in [2.45, 2.75) is 40.9 Å². The zero-order valence-corrected chi connectivity index (χ0v) is 62.8. The van der Waals surface area contributed by atoms with Crippen molar-refractivity contribution >= 4 is 39.8 Å². The van der Waals surface area contributed by atoms with Gasteiger partial charge in [-0.15, -0.1) is 0 Å². The van der Waals surface area contributed by atoms with Gasteiger partial charge in [-0.05, 0) is 210 Å². The molecule has 0 N–H and O–H groups in total. The fraction of sp³-hybridized carbons (Fsp3) is 0.0631. The Morgan fingerprint density at radius 3 is 0.904 bits per heavy atom. The van der Waals surface area contributed by atoms with Gasteiger partial charge >= 0.3 is 0 Å². The molecule has 0 aliphatic heterocycles. The van der Waals surface area contributed by atoms with Crippen molar-refractivity contribution in [2.75, 3.05) is 9.80 Å². The van der Waals surface area contributed by atoms with E-state index in [-0.39, 0.29) is 23.7 Å². The summed E-state index contributed by atoms with van der Waals surface area (Å²) in [4.78, 5) is 10.1. The molecule has 24 rings (SSSR count). The van der Waals surface area contributed by atoms with Gasteiger partial charge in [-0.2, -0.15) is 5.26 Å². The van der Waals surface area contributed by atoms with Crippen LogP contribution in [-0.2, 0) is 10.8 Å². The predicted octanol–water partition coefficient (Wildman–Crippen LogP) is 28.3. The molecule has 0 saturated carbocycles. The van der Waals surface area contributed by atoms with Crippen molar-refractivity contribution < 1.29 is 0 Å². The van der Waals surface area contributed by atoms with Crippen LogP contribution in [0.1, 0.15) is 114 Å². The summed E-state index contributed by atoms with van der Waals surface area (Å²) in [6, 6.07) is 147. The zero-order valence-electron chi connectivity index (χ0n) is 62.8. The number of nitriles is 1. The van der Waals surface area contributed by atoms with Crippen LogP contribution in [-0.4, -0.2) is 0 Å². The van der Waals surface area contributed by atoms with E-state index < -0.39 is 10.8 Å². The van der Waals surface area contributed by atoms with Gasteiger partial charge in [0.1, 0.15) is 0 Å². The monoisotopic (exact) mass is 1460 g/mol. The Balaban J connectivity index is 0.881. The van der Waals surface area contributed by atoms with Gasteiger partial charge < -0.3 is 9.80 Å². The smallest absolute Gasteiger partial charge is 0.230 e. The number of benzene rings is 17. The van der Waals surface area contributed by atoms with Gasteiger partial charge in [0, 0.05) is 34.3 Å². The Morgan fingerprint density at radius 1 is 0.278 bits per heavy atom. The summed E-state index contributed by atoms with van der Waals surface area (Å²) in [5, 5.41) is 13.6. The molecule has 2 unspecified atom stereocenters. The van der Waals surface area contributed by atoms with Crippen LogP contribution in [0.2, 0.25) is 0 Å². The summed E-state index contributed by atoms with van der Waals surface area (Å²) < 4.78 is 0. The summed E-state index contributed by atoms with van der Waals surface area (Å²) in [7, 11) is 0.